The lowest BCUT2D eigenvalue weighted by Gasteiger charge is -2.45. The molecule has 1 aliphatic heterocycles. The fourth-order valence-corrected chi connectivity index (χ4v) is 3.78. The predicted molar refractivity (Wildman–Crippen MR) is 88.5 cm³/mol. The molecule has 1 heterocycles. The summed E-state index contributed by atoms with van der Waals surface area (Å²) in [5.41, 5.74) is 0.656. The highest BCUT2D eigenvalue weighted by Crippen LogP contribution is 2.39. The van der Waals surface area contributed by atoms with Crippen LogP contribution < -0.4 is 0 Å². The second kappa shape index (κ2) is 6.52. The molecule has 0 unspecified atom stereocenters. The molecule has 1 aliphatic carbocycles. The van der Waals surface area contributed by atoms with Gasteiger partial charge in [-0.15, -0.1) is 0 Å². The van der Waals surface area contributed by atoms with Gasteiger partial charge >= 0.3 is 6.09 Å². The van der Waals surface area contributed by atoms with Crippen molar-refractivity contribution >= 4 is 23.5 Å². The zero-order valence-corrected chi connectivity index (χ0v) is 14.1. The van der Waals surface area contributed by atoms with E-state index in [1.165, 1.54) is 0 Å². The SMILES string of the molecule is CC[C@@H](c1ccc(Cl)cc1)N1CCC2(CCC(=O)CC2)OC1=O. The Kier molecular flexibility index (Phi) is 4.62. The van der Waals surface area contributed by atoms with Crippen LogP contribution in [0.3, 0.4) is 0 Å². The van der Waals surface area contributed by atoms with Crippen LogP contribution in [0.4, 0.5) is 4.79 Å². The lowest BCUT2D eigenvalue weighted by atomic mass is 9.80. The molecule has 0 aromatic heterocycles. The van der Waals surface area contributed by atoms with Crippen molar-refractivity contribution in [3.63, 3.8) is 0 Å². The van der Waals surface area contributed by atoms with Gasteiger partial charge in [0.1, 0.15) is 11.4 Å². The standard InChI is InChI=1S/C18H22ClNO3/c1-2-16(13-3-5-14(19)6-4-13)20-12-11-18(23-17(20)22)9-7-15(21)8-10-18/h3-6,16H,2,7-12H2,1H3/t16-/m0/s1. The molecule has 3 rings (SSSR count). The molecule has 1 spiro atoms. The summed E-state index contributed by atoms with van der Waals surface area (Å²) in [6.45, 7) is 2.74. The number of benzene rings is 1. The Labute approximate surface area is 141 Å². The van der Waals surface area contributed by atoms with Crippen molar-refractivity contribution in [1.29, 1.82) is 0 Å². The topological polar surface area (TPSA) is 46.6 Å². The zero-order valence-electron chi connectivity index (χ0n) is 13.4. The number of Topliss-reactive ketones (excluding diaryl/α,β-unsaturated/α-hetero) is 1. The van der Waals surface area contributed by atoms with E-state index >= 15 is 0 Å². The maximum absolute atomic E-state index is 12.6. The van der Waals surface area contributed by atoms with Gasteiger partial charge in [-0.25, -0.2) is 4.79 Å². The molecule has 4 nitrogen and oxygen atoms in total. The molecule has 5 heteroatoms. The third-order valence-electron chi connectivity index (χ3n) is 5.08. The lowest BCUT2D eigenvalue weighted by molar-refractivity contribution is -0.129. The molecule has 1 atom stereocenters. The van der Waals surface area contributed by atoms with Crippen LogP contribution in [0.5, 0.6) is 0 Å². The first kappa shape index (κ1) is 16.3. The van der Waals surface area contributed by atoms with Gasteiger partial charge in [0.2, 0.25) is 0 Å². The first-order chi connectivity index (χ1) is 11.0. The smallest absolute Gasteiger partial charge is 0.410 e. The van der Waals surface area contributed by atoms with E-state index in [0.29, 0.717) is 37.3 Å². The van der Waals surface area contributed by atoms with Crippen LogP contribution in [-0.4, -0.2) is 28.9 Å². The minimum absolute atomic E-state index is 0.00217. The monoisotopic (exact) mass is 335 g/mol. The highest BCUT2D eigenvalue weighted by Gasteiger charge is 2.44. The molecule has 1 aromatic rings. The number of carbonyl (C=O) groups excluding carboxylic acids is 2. The molecule has 1 amide bonds. The summed E-state index contributed by atoms with van der Waals surface area (Å²) < 4.78 is 5.81. The number of rotatable bonds is 3. The summed E-state index contributed by atoms with van der Waals surface area (Å²) in [5, 5.41) is 0.690. The van der Waals surface area contributed by atoms with E-state index in [9.17, 15) is 9.59 Å². The van der Waals surface area contributed by atoms with Gasteiger partial charge in [-0.3, -0.25) is 4.79 Å². The Morgan fingerprint density at radius 3 is 2.39 bits per heavy atom. The minimum Gasteiger partial charge on any atom is -0.443 e. The second-order valence-electron chi connectivity index (χ2n) is 6.51. The highest BCUT2D eigenvalue weighted by molar-refractivity contribution is 6.30. The van der Waals surface area contributed by atoms with Crippen LogP contribution in [0.15, 0.2) is 24.3 Å². The molecule has 1 saturated carbocycles. The predicted octanol–water partition coefficient (Wildman–Crippen LogP) is 4.52. The van der Waals surface area contributed by atoms with Gasteiger partial charge in [0.05, 0.1) is 6.04 Å². The van der Waals surface area contributed by atoms with Crippen LogP contribution in [0.1, 0.15) is 57.1 Å². The quantitative estimate of drug-likeness (QED) is 0.816. The second-order valence-corrected chi connectivity index (χ2v) is 6.95. The summed E-state index contributed by atoms with van der Waals surface area (Å²) in [4.78, 5) is 25.8. The first-order valence-corrected chi connectivity index (χ1v) is 8.67. The molecule has 124 valence electrons. The van der Waals surface area contributed by atoms with E-state index in [-0.39, 0.29) is 17.9 Å². The van der Waals surface area contributed by atoms with Crippen LogP contribution in [-0.2, 0) is 9.53 Å². The lowest BCUT2D eigenvalue weighted by Crippen LogP contribution is -2.52. The Balaban J connectivity index is 1.73. The molecule has 23 heavy (non-hydrogen) atoms. The molecule has 2 aliphatic rings. The van der Waals surface area contributed by atoms with Crippen LogP contribution in [0.25, 0.3) is 0 Å². The van der Waals surface area contributed by atoms with E-state index in [1.807, 2.05) is 29.2 Å². The molecular weight excluding hydrogens is 314 g/mol. The van der Waals surface area contributed by atoms with Crippen LogP contribution in [0, 0.1) is 0 Å². The zero-order chi connectivity index (χ0) is 16.4. The van der Waals surface area contributed by atoms with Crippen LogP contribution >= 0.6 is 11.6 Å². The normalized spacial score (nSPS) is 22.1. The molecule has 1 saturated heterocycles. The van der Waals surface area contributed by atoms with Crippen molar-refractivity contribution in [3.05, 3.63) is 34.9 Å². The molecule has 0 radical (unpaired) electrons. The molecular formula is C18H22ClNO3. The number of carbonyl (C=O) groups is 2. The van der Waals surface area contributed by atoms with E-state index in [2.05, 4.69) is 6.92 Å². The van der Waals surface area contributed by atoms with Crippen molar-refractivity contribution in [2.45, 2.75) is 57.1 Å². The average molecular weight is 336 g/mol. The van der Waals surface area contributed by atoms with Crippen molar-refractivity contribution in [3.8, 4) is 0 Å². The average Bonchev–Trinajstić information content (AvgIpc) is 2.55. The maximum atomic E-state index is 12.6. The summed E-state index contributed by atoms with van der Waals surface area (Å²) in [6.07, 6.45) is 3.76. The van der Waals surface area contributed by atoms with Gasteiger partial charge in [-0.1, -0.05) is 30.7 Å². The number of hydrogen-bond donors (Lipinski definition) is 0. The van der Waals surface area contributed by atoms with Gasteiger partial charge in [0, 0.05) is 30.8 Å². The van der Waals surface area contributed by atoms with Crippen molar-refractivity contribution < 1.29 is 14.3 Å². The molecule has 0 bridgehead atoms. The van der Waals surface area contributed by atoms with E-state index < -0.39 is 5.60 Å². The summed E-state index contributed by atoms with van der Waals surface area (Å²) in [7, 11) is 0. The Hall–Kier alpha value is -1.55. The third kappa shape index (κ3) is 3.37. The fraction of sp³-hybridized carbons (Fsp3) is 0.556. The molecule has 1 aromatic carbocycles. The first-order valence-electron chi connectivity index (χ1n) is 8.30. The van der Waals surface area contributed by atoms with Gasteiger partial charge in [-0.05, 0) is 37.0 Å². The maximum Gasteiger partial charge on any atom is 0.410 e. The Morgan fingerprint density at radius 1 is 1.17 bits per heavy atom. The minimum atomic E-state index is -0.417. The number of ketones is 1. The van der Waals surface area contributed by atoms with E-state index in [1.54, 1.807) is 0 Å². The number of nitrogens with zero attached hydrogens (tertiary/aromatic N) is 1. The number of ether oxygens (including phenoxy) is 1. The van der Waals surface area contributed by atoms with Crippen LogP contribution in [0.2, 0.25) is 5.02 Å². The number of hydrogen-bond acceptors (Lipinski definition) is 3. The molecule has 0 N–H and O–H groups in total. The summed E-state index contributed by atoms with van der Waals surface area (Å²) >= 11 is 5.95. The highest BCUT2D eigenvalue weighted by atomic mass is 35.5. The van der Waals surface area contributed by atoms with E-state index in [0.717, 1.165) is 18.4 Å². The van der Waals surface area contributed by atoms with Crippen molar-refractivity contribution in [1.82, 2.24) is 4.90 Å². The summed E-state index contributed by atoms with van der Waals surface area (Å²) in [5.74, 6) is 0.279. The number of halogens is 1. The van der Waals surface area contributed by atoms with Gasteiger partial charge in [0.15, 0.2) is 0 Å². The molecule has 2 fully saturated rings. The third-order valence-corrected chi connectivity index (χ3v) is 5.34. The largest absolute Gasteiger partial charge is 0.443 e. The van der Waals surface area contributed by atoms with E-state index in [4.69, 9.17) is 16.3 Å². The van der Waals surface area contributed by atoms with Gasteiger partial charge in [-0.2, -0.15) is 0 Å². The van der Waals surface area contributed by atoms with Crippen molar-refractivity contribution in [2.24, 2.45) is 0 Å². The Morgan fingerprint density at radius 2 is 1.83 bits per heavy atom. The van der Waals surface area contributed by atoms with Gasteiger partial charge < -0.3 is 9.64 Å². The Bertz CT molecular complexity index is 589. The van der Waals surface area contributed by atoms with Gasteiger partial charge in [0.25, 0.3) is 0 Å². The summed E-state index contributed by atoms with van der Waals surface area (Å²) in [6, 6.07) is 7.63. The number of amides is 1. The van der Waals surface area contributed by atoms with Crippen molar-refractivity contribution in [2.75, 3.05) is 6.54 Å². The fourth-order valence-electron chi connectivity index (χ4n) is 3.65.